The predicted molar refractivity (Wildman–Crippen MR) is 135 cm³/mol. The molecule has 0 bridgehead atoms. The van der Waals surface area contributed by atoms with E-state index >= 15 is 0 Å². The summed E-state index contributed by atoms with van der Waals surface area (Å²) < 4.78 is 78.0. The third-order valence-electron chi connectivity index (χ3n) is 6.12. The molecule has 38 heavy (non-hydrogen) atoms. The fourth-order valence-corrected chi connectivity index (χ4v) is 4.58. The highest BCUT2D eigenvalue weighted by molar-refractivity contribution is 7.89. The number of primary sulfonamides is 1. The van der Waals surface area contributed by atoms with E-state index in [0.29, 0.717) is 16.8 Å². The number of pyridine rings is 1. The Morgan fingerprint density at radius 2 is 1.71 bits per heavy atom. The average molecular weight is 567 g/mol. The monoisotopic (exact) mass is 566 g/mol. The minimum atomic E-state index is -4.52. The molecule has 1 aliphatic carbocycles. The SMILES string of the molecule is NS(=O)(=O)c1ccc(Cl)c(CNc2nc(NC3(C(F)(F)F)CC3)c3nc(-c4ccc(F)cc4)ccc3n2)c1. The maximum Gasteiger partial charge on any atom is 0.411 e. The molecule has 1 fully saturated rings. The van der Waals surface area contributed by atoms with Crippen LogP contribution in [0.1, 0.15) is 18.4 Å². The van der Waals surface area contributed by atoms with E-state index in [-0.39, 0.29) is 52.1 Å². The molecule has 1 aliphatic rings. The topological polar surface area (TPSA) is 123 Å². The van der Waals surface area contributed by atoms with Gasteiger partial charge >= 0.3 is 6.18 Å². The molecule has 0 atom stereocenters. The van der Waals surface area contributed by atoms with E-state index in [4.69, 9.17) is 16.7 Å². The van der Waals surface area contributed by atoms with Gasteiger partial charge in [-0.3, -0.25) is 0 Å². The second kappa shape index (κ2) is 9.33. The molecule has 0 spiro atoms. The third kappa shape index (κ3) is 5.22. The molecule has 0 radical (unpaired) electrons. The van der Waals surface area contributed by atoms with Crippen molar-refractivity contribution < 1.29 is 26.0 Å². The summed E-state index contributed by atoms with van der Waals surface area (Å²) in [4.78, 5) is 12.9. The van der Waals surface area contributed by atoms with Crippen molar-refractivity contribution in [3.8, 4) is 11.3 Å². The Balaban J connectivity index is 1.53. The lowest BCUT2D eigenvalue weighted by Gasteiger charge is -2.22. The van der Waals surface area contributed by atoms with Crippen molar-refractivity contribution >= 4 is 44.4 Å². The first-order chi connectivity index (χ1) is 17.8. The number of nitrogens with one attached hydrogen (secondary N) is 2. The Morgan fingerprint density at radius 1 is 1.00 bits per heavy atom. The van der Waals surface area contributed by atoms with Gasteiger partial charge in [0.25, 0.3) is 0 Å². The number of hydrogen-bond acceptors (Lipinski definition) is 7. The van der Waals surface area contributed by atoms with Crippen molar-refractivity contribution in [2.75, 3.05) is 10.6 Å². The number of nitrogens with zero attached hydrogens (tertiary/aromatic N) is 3. The number of anilines is 2. The van der Waals surface area contributed by atoms with Crippen LogP contribution in [0.25, 0.3) is 22.3 Å². The van der Waals surface area contributed by atoms with Gasteiger partial charge in [0.15, 0.2) is 5.82 Å². The number of aromatic nitrogens is 3. The van der Waals surface area contributed by atoms with Crippen molar-refractivity contribution in [3.63, 3.8) is 0 Å². The molecular weight excluding hydrogens is 548 g/mol. The zero-order valence-corrected chi connectivity index (χ0v) is 20.9. The van der Waals surface area contributed by atoms with E-state index in [2.05, 4.69) is 25.6 Å². The number of fused-ring (bicyclic) bond motifs is 1. The highest BCUT2D eigenvalue weighted by atomic mass is 35.5. The van der Waals surface area contributed by atoms with Gasteiger partial charge in [-0.15, -0.1) is 0 Å². The number of alkyl halides is 3. The van der Waals surface area contributed by atoms with Crippen LogP contribution >= 0.6 is 11.6 Å². The van der Waals surface area contributed by atoms with Crippen molar-refractivity contribution in [2.24, 2.45) is 5.14 Å². The maximum atomic E-state index is 13.8. The summed E-state index contributed by atoms with van der Waals surface area (Å²) in [5.41, 5.74) is -0.474. The Morgan fingerprint density at radius 3 is 2.34 bits per heavy atom. The quantitative estimate of drug-likeness (QED) is 0.261. The number of benzene rings is 2. The number of halogens is 5. The van der Waals surface area contributed by atoms with Crippen LogP contribution in [0.15, 0.2) is 59.5 Å². The smallest absolute Gasteiger partial charge is 0.354 e. The van der Waals surface area contributed by atoms with Gasteiger partial charge in [-0.2, -0.15) is 18.2 Å². The number of hydrogen-bond donors (Lipinski definition) is 3. The molecule has 0 unspecified atom stereocenters. The number of sulfonamides is 1. The first kappa shape index (κ1) is 26.1. The lowest BCUT2D eigenvalue weighted by molar-refractivity contribution is -0.151. The zero-order chi connectivity index (χ0) is 27.3. The summed E-state index contributed by atoms with van der Waals surface area (Å²) in [6.07, 6.45) is -4.77. The van der Waals surface area contributed by atoms with Crippen molar-refractivity contribution in [3.05, 3.63) is 71.0 Å². The first-order valence-corrected chi connectivity index (χ1v) is 13.1. The molecule has 2 aromatic heterocycles. The molecule has 2 heterocycles. The summed E-state index contributed by atoms with van der Waals surface area (Å²) >= 11 is 6.18. The second-order valence-electron chi connectivity index (χ2n) is 8.82. The van der Waals surface area contributed by atoms with Crippen LogP contribution in [-0.4, -0.2) is 35.1 Å². The largest absolute Gasteiger partial charge is 0.411 e. The van der Waals surface area contributed by atoms with E-state index in [9.17, 15) is 26.0 Å². The summed E-state index contributed by atoms with van der Waals surface area (Å²) in [6, 6.07) is 12.6. The minimum absolute atomic E-state index is 0.0358. The standard InChI is InChI=1S/C24H19ClF4N6O2S/c25-17-6-5-16(38(30,36)37)11-14(17)12-31-22-33-19-8-7-18(13-1-3-15(26)4-2-13)32-20(19)21(34-22)35-23(9-10-23)24(27,28)29/h1-8,11H,9-10,12H2,(H2,30,36,37)(H2,31,33,34,35). The molecule has 4 N–H and O–H groups in total. The van der Waals surface area contributed by atoms with Crippen LogP contribution in [0.4, 0.5) is 29.3 Å². The van der Waals surface area contributed by atoms with Gasteiger partial charge in [0, 0.05) is 17.1 Å². The predicted octanol–water partition coefficient (Wildman–Crippen LogP) is 5.25. The molecule has 5 rings (SSSR count). The van der Waals surface area contributed by atoms with E-state index in [1.165, 1.54) is 42.5 Å². The molecule has 198 valence electrons. The van der Waals surface area contributed by atoms with Crippen molar-refractivity contribution in [1.82, 2.24) is 15.0 Å². The fraction of sp³-hybridized carbons (Fsp3) is 0.208. The molecular formula is C24H19ClF4N6O2S. The zero-order valence-electron chi connectivity index (χ0n) is 19.4. The minimum Gasteiger partial charge on any atom is -0.354 e. The Kier molecular flexibility index (Phi) is 6.40. The summed E-state index contributed by atoms with van der Waals surface area (Å²) in [5, 5.41) is 10.8. The van der Waals surface area contributed by atoms with Gasteiger partial charge in [0.05, 0.1) is 16.1 Å². The fourth-order valence-electron chi connectivity index (χ4n) is 3.83. The van der Waals surface area contributed by atoms with Gasteiger partial charge in [-0.1, -0.05) is 11.6 Å². The number of nitrogens with two attached hydrogens (primary N) is 1. The Hall–Kier alpha value is -3.55. The summed E-state index contributed by atoms with van der Waals surface area (Å²) in [7, 11) is -3.98. The third-order valence-corrected chi connectivity index (χ3v) is 7.39. The number of rotatable bonds is 7. The van der Waals surface area contributed by atoms with Gasteiger partial charge in [-0.25, -0.2) is 27.9 Å². The van der Waals surface area contributed by atoms with Gasteiger partial charge in [-0.05, 0) is 73.0 Å². The van der Waals surface area contributed by atoms with Gasteiger partial charge in [0.1, 0.15) is 16.9 Å². The normalized spacial score (nSPS) is 14.9. The van der Waals surface area contributed by atoms with E-state index < -0.39 is 27.6 Å². The van der Waals surface area contributed by atoms with E-state index in [0.717, 1.165) is 0 Å². The second-order valence-corrected chi connectivity index (χ2v) is 10.8. The van der Waals surface area contributed by atoms with Crippen LogP contribution in [0.5, 0.6) is 0 Å². The first-order valence-electron chi connectivity index (χ1n) is 11.2. The van der Waals surface area contributed by atoms with Crippen LogP contribution in [0.3, 0.4) is 0 Å². The Bertz CT molecular complexity index is 1640. The molecule has 4 aromatic rings. The van der Waals surface area contributed by atoms with Gasteiger partial charge < -0.3 is 10.6 Å². The lowest BCUT2D eigenvalue weighted by atomic mass is 10.1. The van der Waals surface area contributed by atoms with Crippen molar-refractivity contribution in [2.45, 2.75) is 36.0 Å². The maximum absolute atomic E-state index is 13.8. The highest BCUT2D eigenvalue weighted by Crippen LogP contribution is 2.51. The lowest BCUT2D eigenvalue weighted by Crippen LogP contribution is -2.39. The van der Waals surface area contributed by atoms with Crippen LogP contribution < -0.4 is 15.8 Å². The molecule has 0 saturated heterocycles. The summed E-state index contributed by atoms with van der Waals surface area (Å²) in [5.74, 6) is -0.612. The van der Waals surface area contributed by atoms with Gasteiger partial charge in [0.2, 0.25) is 16.0 Å². The molecule has 1 saturated carbocycles. The average Bonchev–Trinajstić information content (AvgIpc) is 3.64. The van der Waals surface area contributed by atoms with E-state index in [1.54, 1.807) is 12.1 Å². The van der Waals surface area contributed by atoms with Crippen LogP contribution in [0, 0.1) is 5.82 Å². The van der Waals surface area contributed by atoms with Crippen molar-refractivity contribution in [1.29, 1.82) is 0 Å². The molecule has 14 heteroatoms. The van der Waals surface area contributed by atoms with E-state index in [1.807, 2.05) is 0 Å². The molecule has 2 aromatic carbocycles. The Labute approximate surface area is 219 Å². The van der Waals surface area contributed by atoms with Crippen LogP contribution in [-0.2, 0) is 16.6 Å². The molecule has 0 aliphatic heterocycles. The summed E-state index contributed by atoms with van der Waals surface area (Å²) in [6.45, 7) is -0.0430. The molecule has 0 amide bonds. The molecule has 8 nitrogen and oxygen atoms in total. The van der Waals surface area contributed by atoms with Crippen LogP contribution in [0.2, 0.25) is 5.02 Å². The highest BCUT2D eigenvalue weighted by Gasteiger charge is 2.64.